The summed E-state index contributed by atoms with van der Waals surface area (Å²) in [4.78, 5) is 12.5. The van der Waals surface area contributed by atoms with E-state index in [1.165, 1.54) is 5.56 Å². The fraction of sp³-hybridized carbons (Fsp3) is 0.188. The summed E-state index contributed by atoms with van der Waals surface area (Å²) in [7, 11) is 0. The first-order valence-corrected chi connectivity index (χ1v) is 7.27. The zero-order chi connectivity index (χ0) is 14.1. The van der Waals surface area contributed by atoms with E-state index < -0.39 is 0 Å². The van der Waals surface area contributed by atoms with Gasteiger partial charge in [0.05, 0.1) is 5.02 Å². The zero-order valence-corrected chi connectivity index (χ0v) is 12.3. The van der Waals surface area contributed by atoms with E-state index in [9.17, 15) is 4.79 Å². The van der Waals surface area contributed by atoms with Gasteiger partial charge in [0, 0.05) is 28.4 Å². The molecule has 0 unspecified atom stereocenters. The third-order valence-electron chi connectivity index (χ3n) is 3.48. The fourth-order valence-electron chi connectivity index (χ4n) is 2.44. The van der Waals surface area contributed by atoms with Crippen LogP contribution in [-0.4, -0.2) is 12.3 Å². The van der Waals surface area contributed by atoms with Crippen LogP contribution in [-0.2, 0) is 6.42 Å². The first-order valence-electron chi connectivity index (χ1n) is 6.52. The molecule has 0 saturated heterocycles. The number of nitrogens with one attached hydrogen (secondary N) is 1. The Morgan fingerprint density at radius 1 is 1.10 bits per heavy atom. The summed E-state index contributed by atoms with van der Waals surface area (Å²) in [5.41, 5.74) is 3.39. The summed E-state index contributed by atoms with van der Waals surface area (Å²) in [6, 6.07) is 10.7. The molecule has 0 atom stereocenters. The molecule has 0 aromatic heterocycles. The second-order valence-corrected chi connectivity index (χ2v) is 5.70. The highest BCUT2D eigenvalue weighted by Gasteiger charge is 2.16. The lowest BCUT2D eigenvalue weighted by Gasteiger charge is -2.18. The highest BCUT2D eigenvalue weighted by atomic mass is 35.5. The predicted octanol–water partition coefficient (Wildman–Crippen LogP) is 4.58. The van der Waals surface area contributed by atoms with E-state index in [1.807, 2.05) is 18.2 Å². The second kappa shape index (κ2) is 5.47. The quantitative estimate of drug-likeness (QED) is 0.823. The summed E-state index contributed by atoms with van der Waals surface area (Å²) >= 11 is 12.0. The average Bonchev–Trinajstić information content (AvgIpc) is 2.48. The Balaban J connectivity index is 2.00. The average molecular weight is 306 g/mol. The van der Waals surface area contributed by atoms with Gasteiger partial charge in [-0.25, -0.2) is 0 Å². The van der Waals surface area contributed by atoms with Gasteiger partial charge < -0.3 is 5.32 Å². The standard InChI is InChI=1S/C16H13Cl2NO/c17-12-4-5-14(18)13(9-12)16(20)11-3-6-15-10(8-11)2-1-7-19-15/h3-6,8-9,19H,1-2,7H2. The van der Waals surface area contributed by atoms with E-state index in [1.54, 1.807) is 18.2 Å². The summed E-state index contributed by atoms with van der Waals surface area (Å²) in [5.74, 6) is -0.0918. The van der Waals surface area contributed by atoms with Gasteiger partial charge in [0.1, 0.15) is 0 Å². The van der Waals surface area contributed by atoms with Crippen molar-refractivity contribution in [1.29, 1.82) is 0 Å². The maximum Gasteiger partial charge on any atom is 0.194 e. The van der Waals surface area contributed by atoms with E-state index in [-0.39, 0.29) is 5.78 Å². The zero-order valence-electron chi connectivity index (χ0n) is 10.7. The number of aryl methyl sites for hydroxylation is 1. The van der Waals surface area contributed by atoms with Gasteiger partial charge in [-0.2, -0.15) is 0 Å². The summed E-state index contributed by atoms with van der Waals surface area (Å²) in [6.45, 7) is 0.987. The van der Waals surface area contributed by atoms with E-state index in [4.69, 9.17) is 23.2 Å². The Bertz CT molecular complexity index is 682. The van der Waals surface area contributed by atoms with Gasteiger partial charge in [-0.05, 0) is 54.8 Å². The topological polar surface area (TPSA) is 29.1 Å². The van der Waals surface area contributed by atoms with Crippen LogP contribution in [0.3, 0.4) is 0 Å². The van der Waals surface area contributed by atoms with Crippen LogP contribution in [0.1, 0.15) is 27.9 Å². The third kappa shape index (κ3) is 2.54. The smallest absolute Gasteiger partial charge is 0.194 e. The molecular weight excluding hydrogens is 293 g/mol. The molecule has 0 bridgehead atoms. The van der Waals surface area contributed by atoms with Crippen molar-refractivity contribution in [2.75, 3.05) is 11.9 Å². The van der Waals surface area contributed by atoms with Crippen molar-refractivity contribution in [1.82, 2.24) is 0 Å². The van der Waals surface area contributed by atoms with Crippen LogP contribution >= 0.6 is 23.2 Å². The van der Waals surface area contributed by atoms with Gasteiger partial charge in [-0.3, -0.25) is 4.79 Å². The number of carbonyl (C=O) groups is 1. The first-order chi connectivity index (χ1) is 9.65. The minimum Gasteiger partial charge on any atom is -0.385 e. The van der Waals surface area contributed by atoms with Crippen molar-refractivity contribution in [2.45, 2.75) is 12.8 Å². The molecular formula is C16H13Cl2NO. The molecule has 0 amide bonds. The lowest BCUT2D eigenvalue weighted by atomic mass is 9.96. The Morgan fingerprint density at radius 3 is 2.80 bits per heavy atom. The number of carbonyl (C=O) groups excluding carboxylic acids is 1. The van der Waals surface area contributed by atoms with Gasteiger partial charge in [0.2, 0.25) is 0 Å². The second-order valence-electron chi connectivity index (χ2n) is 4.86. The van der Waals surface area contributed by atoms with E-state index in [0.29, 0.717) is 21.2 Å². The summed E-state index contributed by atoms with van der Waals surface area (Å²) in [5, 5.41) is 4.27. The van der Waals surface area contributed by atoms with Gasteiger partial charge >= 0.3 is 0 Å². The molecule has 1 aliphatic rings. The monoisotopic (exact) mass is 305 g/mol. The van der Waals surface area contributed by atoms with Crippen LogP contribution in [0.15, 0.2) is 36.4 Å². The van der Waals surface area contributed by atoms with Crippen molar-refractivity contribution in [3.8, 4) is 0 Å². The number of anilines is 1. The molecule has 0 saturated carbocycles. The van der Waals surface area contributed by atoms with E-state index in [2.05, 4.69) is 5.32 Å². The molecule has 0 aliphatic carbocycles. The summed E-state index contributed by atoms with van der Waals surface area (Å²) < 4.78 is 0. The van der Waals surface area contributed by atoms with E-state index >= 15 is 0 Å². The molecule has 1 aliphatic heterocycles. The van der Waals surface area contributed by atoms with Crippen molar-refractivity contribution in [3.63, 3.8) is 0 Å². The normalized spacial score (nSPS) is 13.5. The number of rotatable bonds is 2. The molecule has 1 N–H and O–H groups in total. The Morgan fingerprint density at radius 2 is 1.95 bits per heavy atom. The Hall–Kier alpha value is -1.51. The predicted molar refractivity (Wildman–Crippen MR) is 83.1 cm³/mol. The van der Waals surface area contributed by atoms with Crippen molar-refractivity contribution in [2.24, 2.45) is 0 Å². The molecule has 3 rings (SSSR count). The number of hydrogen-bond donors (Lipinski definition) is 1. The molecule has 0 spiro atoms. The van der Waals surface area contributed by atoms with Crippen molar-refractivity contribution < 1.29 is 4.79 Å². The third-order valence-corrected chi connectivity index (χ3v) is 4.04. The minimum absolute atomic E-state index is 0.0918. The van der Waals surface area contributed by atoms with Gasteiger partial charge in [-0.1, -0.05) is 23.2 Å². The number of fused-ring (bicyclic) bond motifs is 1. The maximum atomic E-state index is 12.5. The summed E-state index contributed by atoms with van der Waals surface area (Å²) in [6.07, 6.45) is 2.08. The van der Waals surface area contributed by atoms with Crippen molar-refractivity contribution in [3.05, 3.63) is 63.1 Å². The molecule has 1 heterocycles. The largest absolute Gasteiger partial charge is 0.385 e. The Kier molecular flexibility index (Phi) is 3.68. The molecule has 0 radical (unpaired) electrons. The molecule has 20 heavy (non-hydrogen) atoms. The fourth-order valence-corrected chi connectivity index (χ4v) is 2.82. The number of halogens is 2. The highest BCUT2D eigenvalue weighted by Crippen LogP contribution is 2.27. The van der Waals surface area contributed by atoms with Crippen LogP contribution in [0.4, 0.5) is 5.69 Å². The van der Waals surface area contributed by atoms with Crippen molar-refractivity contribution >= 4 is 34.7 Å². The van der Waals surface area contributed by atoms with Crippen LogP contribution < -0.4 is 5.32 Å². The van der Waals surface area contributed by atoms with E-state index in [0.717, 1.165) is 25.1 Å². The van der Waals surface area contributed by atoms with Crippen LogP contribution in [0.25, 0.3) is 0 Å². The maximum absolute atomic E-state index is 12.5. The van der Waals surface area contributed by atoms with Gasteiger partial charge in [-0.15, -0.1) is 0 Å². The van der Waals surface area contributed by atoms with Gasteiger partial charge in [0.25, 0.3) is 0 Å². The number of ketones is 1. The highest BCUT2D eigenvalue weighted by molar-refractivity contribution is 6.36. The minimum atomic E-state index is -0.0918. The SMILES string of the molecule is O=C(c1ccc2c(c1)CCCN2)c1cc(Cl)ccc1Cl. The lowest BCUT2D eigenvalue weighted by molar-refractivity contribution is 0.103. The lowest BCUT2D eigenvalue weighted by Crippen LogP contribution is -2.13. The number of hydrogen-bond acceptors (Lipinski definition) is 2. The molecule has 0 fully saturated rings. The Labute approximate surface area is 127 Å². The molecule has 2 aromatic carbocycles. The van der Waals surface area contributed by atoms with Crippen LogP contribution in [0.5, 0.6) is 0 Å². The molecule has 2 nitrogen and oxygen atoms in total. The van der Waals surface area contributed by atoms with Crippen LogP contribution in [0.2, 0.25) is 10.0 Å². The van der Waals surface area contributed by atoms with Crippen LogP contribution in [0, 0.1) is 0 Å². The van der Waals surface area contributed by atoms with Gasteiger partial charge in [0.15, 0.2) is 5.78 Å². The molecule has 2 aromatic rings. The number of benzene rings is 2. The molecule has 102 valence electrons. The molecule has 4 heteroatoms. The first kappa shape index (κ1) is 13.5.